The molecule has 0 spiro atoms. The van der Waals surface area contributed by atoms with Gasteiger partial charge in [0.1, 0.15) is 5.76 Å². The van der Waals surface area contributed by atoms with Gasteiger partial charge in [0.2, 0.25) is 15.9 Å². The normalized spacial score (nSPS) is 11.0. The van der Waals surface area contributed by atoms with E-state index in [1.54, 1.807) is 24.3 Å². The highest BCUT2D eigenvalue weighted by atomic mass is 32.2. The van der Waals surface area contributed by atoms with E-state index in [9.17, 15) is 18.0 Å². The Bertz CT molecular complexity index is 861. The molecule has 0 aliphatic rings. The smallest absolute Gasteiger partial charge is 0.340 e. The molecular formula is C17H20N2O6S. The van der Waals surface area contributed by atoms with Gasteiger partial charge in [0.05, 0.1) is 37.4 Å². The van der Waals surface area contributed by atoms with E-state index in [1.165, 1.54) is 25.5 Å². The zero-order valence-electron chi connectivity index (χ0n) is 14.5. The van der Waals surface area contributed by atoms with E-state index in [0.717, 1.165) is 10.6 Å². The first-order chi connectivity index (χ1) is 12.3. The van der Waals surface area contributed by atoms with Crippen molar-refractivity contribution in [2.45, 2.75) is 13.0 Å². The van der Waals surface area contributed by atoms with Gasteiger partial charge in [0, 0.05) is 13.0 Å². The van der Waals surface area contributed by atoms with Gasteiger partial charge in [0.25, 0.3) is 0 Å². The largest absolute Gasteiger partial charge is 0.467 e. The predicted molar refractivity (Wildman–Crippen MR) is 95.1 cm³/mol. The van der Waals surface area contributed by atoms with Gasteiger partial charge in [-0.25, -0.2) is 13.2 Å². The summed E-state index contributed by atoms with van der Waals surface area (Å²) in [6.07, 6.45) is 2.43. The number of para-hydroxylation sites is 1. The number of amides is 1. The second-order valence-electron chi connectivity index (χ2n) is 5.45. The van der Waals surface area contributed by atoms with Crippen LogP contribution in [0.4, 0.5) is 5.69 Å². The van der Waals surface area contributed by atoms with Crippen molar-refractivity contribution in [2.75, 3.05) is 24.2 Å². The number of hydrogen-bond acceptors (Lipinski definition) is 6. The third-order valence-electron chi connectivity index (χ3n) is 3.56. The number of esters is 1. The van der Waals surface area contributed by atoms with Gasteiger partial charge >= 0.3 is 5.97 Å². The minimum absolute atomic E-state index is 0.0801. The molecule has 2 aromatic rings. The first kappa shape index (κ1) is 19.5. The maximum Gasteiger partial charge on any atom is 0.340 e. The summed E-state index contributed by atoms with van der Waals surface area (Å²) in [6, 6.07) is 9.60. The molecule has 2 rings (SSSR count). The number of furan rings is 1. The van der Waals surface area contributed by atoms with Crippen molar-refractivity contribution in [1.82, 2.24) is 5.32 Å². The summed E-state index contributed by atoms with van der Waals surface area (Å²) in [4.78, 5) is 23.9. The molecule has 0 saturated heterocycles. The Morgan fingerprint density at radius 2 is 1.92 bits per heavy atom. The second-order valence-corrected chi connectivity index (χ2v) is 7.36. The van der Waals surface area contributed by atoms with Crippen LogP contribution in [-0.2, 0) is 26.1 Å². The Balaban J connectivity index is 2.12. The van der Waals surface area contributed by atoms with Gasteiger partial charge in [-0.05, 0) is 24.3 Å². The Morgan fingerprint density at radius 1 is 1.19 bits per heavy atom. The highest BCUT2D eigenvalue weighted by molar-refractivity contribution is 7.92. The SMILES string of the molecule is COC(=O)c1ccccc1N(CCC(=O)NCc1ccco1)S(C)(=O)=O. The van der Waals surface area contributed by atoms with E-state index < -0.39 is 16.0 Å². The van der Waals surface area contributed by atoms with E-state index >= 15 is 0 Å². The van der Waals surface area contributed by atoms with E-state index in [2.05, 4.69) is 5.32 Å². The number of nitrogens with one attached hydrogen (secondary N) is 1. The molecule has 1 heterocycles. The molecule has 9 heteroatoms. The number of carbonyl (C=O) groups excluding carboxylic acids is 2. The molecule has 0 aliphatic carbocycles. The second kappa shape index (κ2) is 8.52. The van der Waals surface area contributed by atoms with Crippen LogP contribution < -0.4 is 9.62 Å². The van der Waals surface area contributed by atoms with Crippen molar-refractivity contribution in [1.29, 1.82) is 0 Å². The van der Waals surface area contributed by atoms with Gasteiger partial charge in [-0.2, -0.15) is 0 Å². The molecule has 0 fully saturated rings. The lowest BCUT2D eigenvalue weighted by atomic mass is 10.1. The molecule has 1 aromatic carbocycles. The topological polar surface area (TPSA) is 106 Å². The van der Waals surface area contributed by atoms with Crippen LogP contribution in [0.3, 0.4) is 0 Å². The summed E-state index contributed by atoms with van der Waals surface area (Å²) in [5.41, 5.74) is 0.275. The fourth-order valence-electron chi connectivity index (χ4n) is 2.33. The number of anilines is 1. The molecule has 8 nitrogen and oxygen atoms in total. The van der Waals surface area contributed by atoms with Crippen LogP contribution >= 0.6 is 0 Å². The zero-order valence-corrected chi connectivity index (χ0v) is 15.3. The van der Waals surface area contributed by atoms with Crippen LogP contribution in [0.15, 0.2) is 47.1 Å². The fourth-order valence-corrected chi connectivity index (χ4v) is 3.27. The molecule has 0 aliphatic heterocycles. The van der Waals surface area contributed by atoms with Crippen LogP contribution in [0.5, 0.6) is 0 Å². The lowest BCUT2D eigenvalue weighted by molar-refractivity contribution is -0.121. The number of methoxy groups -OCH3 is 1. The quantitative estimate of drug-likeness (QED) is 0.697. The van der Waals surface area contributed by atoms with Gasteiger partial charge in [-0.1, -0.05) is 12.1 Å². The number of benzene rings is 1. The van der Waals surface area contributed by atoms with Gasteiger partial charge in [-0.15, -0.1) is 0 Å². The molecule has 1 amide bonds. The summed E-state index contributed by atoms with van der Waals surface area (Å²) < 4.78 is 35.2. The van der Waals surface area contributed by atoms with Crippen molar-refractivity contribution in [3.05, 3.63) is 54.0 Å². The van der Waals surface area contributed by atoms with Crippen molar-refractivity contribution >= 4 is 27.6 Å². The number of nitrogens with zero attached hydrogens (tertiary/aromatic N) is 1. The first-order valence-electron chi connectivity index (χ1n) is 7.77. The number of sulfonamides is 1. The van der Waals surface area contributed by atoms with Crippen LogP contribution in [0.1, 0.15) is 22.5 Å². The number of rotatable bonds is 8. The lowest BCUT2D eigenvalue weighted by Gasteiger charge is -2.24. The summed E-state index contributed by atoms with van der Waals surface area (Å²) >= 11 is 0. The van der Waals surface area contributed by atoms with Crippen LogP contribution in [0.25, 0.3) is 0 Å². The average Bonchev–Trinajstić information content (AvgIpc) is 3.12. The standard InChI is InChI=1S/C17H20N2O6S/c1-24-17(21)14-7-3-4-8-15(14)19(26(2,22)23)10-9-16(20)18-12-13-6-5-11-25-13/h3-8,11H,9-10,12H2,1-2H3,(H,18,20). The first-order valence-corrected chi connectivity index (χ1v) is 9.62. The minimum Gasteiger partial charge on any atom is -0.467 e. The summed E-state index contributed by atoms with van der Waals surface area (Å²) in [7, 11) is -2.49. The molecule has 0 saturated carbocycles. The fraction of sp³-hybridized carbons (Fsp3) is 0.294. The number of hydrogen-bond donors (Lipinski definition) is 1. The average molecular weight is 380 g/mol. The molecule has 0 unspecified atom stereocenters. The van der Waals surface area contributed by atoms with E-state index in [0.29, 0.717) is 5.76 Å². The maximum absolute atomic E-state index is 12.2. The van der Waals surface area contributed by atoms with E-state index in [-0.39, 0.29) is 36.7 Å². The molecule has 1 N–H and O–H groups in total. The van der Waals surface area contributed by atoms with Crippen molar-refractivity contribution in [2.24, 2.45) is 0 Å². The van der Waals surface area contributed by atoms with E-state index in [4.69, 9.17) is 9.15 Å². The van der Waals surface area contributed by atoms with Crippen LogP contribution in [0, 0.1) is 0 Å². The van der Waals surface area contributed by atoms with Crippen molar-refractivity contribution in [3.63, 3.8) is 0 Å². The van der Waals surface area contributed by atoms with Gasteiger partial charge in [-0.3, -0.25) is 9.10 Å². The van der Waals surface area contributed by atoms with Crippen LogP contribution in [-0.4, -0.2) is 40.2 Å². The van der Waals surface area contributed by atoms with Gasteiger partial charge < -0.3 is 14.5 Å². The monoisotopic (exact) mass is 380 g/mol. The summed E-state index contributed by atoms with van der Waals surface area (Å²) in [5.74, 6) is -0.406. The summed E-state index contributed by atoms with van der Waals surface area (Å²) in [6.45, 7) is 0.0975. The molecule has 140 valence electrons. The predicted octanol–water partition coefficient (Wildman–Crippen LogP) is 1.54. The maximum atomic E-state index is 12.2. The number of carbonyl (C=O) groups is 2. The van der Waals surface area contributed by atoms with Crippen molar-refractivity contribution < 1.29 is 27.2 Å². The molecule has 1 aromatic heterocycles. The molecular weight excluding hydrogens is 360 g/mol. The highest BCUT2D eigenvalue weighted by Crippen LogP contribution is 2.24. The summed E-state index contributed by atoms with van der Waals surface area (Å²) in [5, 5.41) is 2.65. The Kier molecular flexibility index (Phi) is 6.40. The molecule has 0 radical (unpaired) electrons. The van der Waals surface area contributed by atoms with E-state index in [1.807, 2.05) is 0 Å². The third kappa shape index (κ3) is 5.09. The highest BCUT2D eigenvalue weighted by Gasteiger charge is 2.24. The molecule has 26 heavy (non-hydrogen) atoms. The Morgan fingerprint density at radius 3 is 2.54 bits per heavy atom. The zero-order chi connectivity index (χ0) is 19.2. The molecule has 0 atom stereocenters. The third-order valence-corrected chi connectivity index (χ3v) is 4.74. The minimum atomic E-state index is -3.71. The number of ether oxygens (including phenoxy) is 1. The van der Waals surface area contributed by atoms with Gasteiger partial charge in [0.15, 0.2) is 0 Å². The Labute approximate surface area is 151 Å². The Hall–Kier alpha value is -2.81. The van der Waals surface area contributed by atoms with Crippen molar-refractivity contribution in [3.8, 4) is 0 Å². The molecule has 0 bridgehead atoms. The lowest BCUT2D eigenvalue weighted by Crippen LogP contribution is -2.35. The van der Waals surface area contributed by atoms with Crippen LogP contribution in [0.2, 0.25) is 0 Å².